The van der Waals surface area contributed by atoms with E-state index in [0.29, 0.717) is 5.75 Å². The molecule has 0 bridgehead atoms. The molecule has 1 heterocycles. The van der Waals surface area contributed by atoms with Crippen LogP contribution in [-0.2, 0) is 11.2 Å². The molecule has 0 aliphatic heterocycles. The monoisotopic (exact) mass is 289 g/mol. The molecule has 1 unspecified atom stereocenters. The van der Waals surface area contributed by atoms with Crippen molar-refractivity contribution >= 4 is 29.1 Å². The molecule has 1 aromatic heterocycles. The van der Waals surface area contributed by atoms with E-state index >= 15 is 0 Å². The number of aliphatic carboxylic acids is 1. The average Bonchev–Trinajstić information content (AvgIpc) is 2.56. The minimum absolute atomic E-state index is 0.0185. The number of aromatic nitrogens is 1. The van der Waals surface area contributed by atoms with Crippen LogP contribution in [0.25, 0.3) is 0 Å². The van der Waals surface area contributed by atoms with Gasteiger partial charge in [-0.25, -0.2) is 4.98 Å². The van der Waals surface area contributed by atoms with Gasteiger partial charge in [-0.1, -0.05) is 25.6 Å². The molecule has 0 saturated carbocycles. The fraction of sp³-hybridized carbons (Fsp3) is 0.667. The van der Waals surface area contributed by atoms with Gasteiger partial charge in [0.25, 0.3) is 0 Å². The lowest BCUT2D eigenvalue weighted by Gasteiger charge is -2.26. The van der Waals surface area contributed by atoms with Gasteiger partial charge in [-0.3, -0.25) is 4.79 Å². The second-order valence-electron chi connectivity index (χ2n) is 4.86. The average molecular weight is 289 g/mol. The molecule has 6 heteroatoms. The number of hydrogen-bond acceptors (Lipinski definition) is 5. The second-order valence-corrected chi connectivity index (χ2v) is 7.17. The van der Waals surface area contributed by atoms with Crippen LogP contribution in [0.2, 0.25) is 0 Å². The van der Waals surface area contributed by atoms with Crippen molar-refractivity contribution in [3.8, 4) is 0 Å². The molecule has 0 amide bonds. The van der Waals surface area contributed by atoms with Crippen LogP contribution in [0, 0.1) is 12.8 Å². The number of thioether (sulfide) groups is 1. The Morgan fingerprint density at radius 1 is 1.56 bits per heavy atom. The summed E-state index contributed by atoms with van der Waals surface area (Å²) in [5.74, 6) is -0.110. The maximum Gasteiger partial charge on any atom is 0.308 e. The van der Waals surface area contributed by atoms with E-state index in [1.165, 1.54) is 23.1 Å². The summed E-state index contributed by atoms with van der Waals surface area (Å²) in [6, 6.07) is 0. The van der Waals surface area contributed by atoms with Crippen molar-refractivity contribution in [2.24, 2.45) is 5.92 Å². The highest BCUT2D eigenvalue weighted by Crippen LogP contribution is 2.31. The van der Waals surface area contributed by atoms with Gasteiger partial charge in [-0.05, 0) is 19.8 Å². The molecule has 0 fully saturated rings. The Balaban J connectivity index is 2.67. The van der Waals surface area contributed by atoms with Crippen LogP contribution in [0.4, 0.5) is 0 Å². The summed E-state index contributed by atoms with van der Waals surface area (Å²) in [6.45, 7) is 7.58. The van der Waals surface area contributed by atoms with Gasteiger partial charge in [0.2, 0.25) is 0 Å². The topological polar surface area (TPSA) is 70.4 Å². The summed E-state index contributed by atoms with van der Waals surface area (Å²) < 4.78 is 0.824. The fourth-order valence-electron chi connectivity index (χ4n) is 1.14. The van der Waals surface area contributed by atoms with E-state index in [9.17, 15) is 9.90 Å². The van der Waals surface area contributed by atoms with Crippen LogP contribution in [0.1, 0.15) is 31.3 Å². The molecular formula is C12H19NO3S2. The largest absolute Gasteiger partial charge is 0.481 e. The Morgan fingerprint density at radius 3 is 2.67 bits per heavy atom. The van der Waals surface area contributed by atoms with Crippen LogP contribution in [0.3, 0.4) is 0 Å². The minimum atomic E-state index is -0.840. The molecule has 2 N–H and O–H groups in total. The predicted octanol–water partition coefficient (Wildman–Crippen LogP) is 2.58. The molecule has 1 atom stereocenters. The van der Waals surface area contributed by atoms with E-state index < -0.39 is 11.6 Å². The molecule has 18 heavy (non-hydrogen) atoms. The van der Waals surface area contributed by atoms with Crippen LogP contribution < -0.4 is 0 Å². The highest BCUT2D eigenvalue weighted by Gasteiger charge is 2.25. The van der Waals surface area contributed by atoms with Crippen molar-refractivity contribution in [1.82, 2.24) is 4.98 Å². The van der Waals surface area contributed by atoms with Crippen molar-refractivity contribution in [3.63, 3.8) is 0 Å². The van der Waals surface area contributed by atoms with E-state index in [4.69, 9.17) is 5.11 Å². The maximum absolute atomic E-state index is 10.7. The summed E-state index contributed by atoms with van der Waals surface area (Å²) in [4.78, 5) is 15.8. The summed E-state index contributed by atoms with van der Waals surface area (Å²) >= 11 is 2.88. The Morgan fingerprint density at radius 2 is 2.17 bits per heavy atom. The molecule has 1 rings (SSSR count). The quantitative estimate of drug-likeness (QED) is 0.788. The number of carboxylic acids is 1. The lowest BCUT2D eigenvalue weighted by molar-refractivity contribution is -0.136. The predicted molar refractivity (Wildman–Crippen MR) is 74.4 cm³/mol. The van der Waals surface area contributed by atoms with Gasteiger partial charge in [-0.15, -0.1) is 11.3 Å². The molecule has 0 saturated heterocycles. The molecule has 4 nitrogen and oxygen atoms in total. The number of thiazole rings is 1. The number of aryl methyl sites for hydroxylation is 1. The maximum atomic E-state index is 10.7. The molecule has 0 radical (unpaired) electrons. The Hall–Kier alpha value is -0.590. The first-order valence-electron chi connectivity index (χ1n) is 5.75. The van der Waals surface area contributed by atoms with Crippen molar-refractivity contribution in [1.29, 1.82) is 0 Å². The number of carbonyl (C=O) groups is 1. The SMILES string of the molecule is Cc1nc(SCC(C)(O)C(C)C)sc1CC(=O)O. The third-order valence-corrected chi connectivity index (χ3v) is 5.54. The van der Waals surface area contributed by atoms with Gasteiger partial charge >= 0.3 is 5.97 Å². The van der Waals surface area contributed by atoms with Gasteiger partial charge in [0, 0.05) is 10.6 Å². The zero-order chi connectivity index (χ0) is 13.9. The summed E-state index contributed by atoms with van der Waals surface area (Å²) in [5.41, 5.74) is 0.0334. The number of rotatable bonds is 6. The number of hydrogen-bond donors (Lipinski definition) is 2. The van der Waals surface area contributed by atoms with E-state index in [0.717, 1.165) is 14.9 Å². The van der Waals surface area contributed by atoms with E-state index in [2.05, 4.69) is 4.98 Å². The molecule has 1 aromatic rings. The van der Waals surface area contributed by atoms with Crippen LogP contribution >= 0.6 is 23.1 Å². The Labute approximate surface area is 115 Å². The highest BCUT2D eigenvalue weighted by atomic mass is 32.2. The zero-order valence-electron chi connectivity index (χ0n) is 11.1. The second kappa shape index (κ2) is 6.04. The third-order valence-electron chi connectivity index (χ3n) is 2.92. The van der Waals surface area contributed by atoms with Gasteiger partial charge in [0.1, 0.15) is 4.34 Å². The van der Waals surface area contributed by atoms with E-state index in [-0.39, 0.29) is 12.3 Å². The first kappa shape index (κ1) is 15.5. The van der Waals surface area contributed by atoms with Crippen LogP contribution in [0.15, 0.2) is 4.34 Å². The lowest BCUT2D eigenvalue weighted by Crippen LogP contribution is -2.33. The molecule has 0 aliphatic carbocycles. The van der Waals surface area contributed by atoms with Crippen molar-refractivity contribution in [2.75, 3.05) is 5.75 Å². The van der Waals surface area contributed by atoms with Gasteiger partial charge in [-0.2, -0.15) is 0 Å². The molecule has 0 aliphatic rings. The van der Waals surface area contributed by atoms with Crippen LogP contribution in [-0.4, -0.2) is 32.5 Å². The number of carboxylic acid groups (broad SMARTS) is 1. The summed E-state index contributed by atoms with van der Waals surface area (Å²) in [7, 11) is 0. The Bertz CT molecular complexity index is 427. The van der Waals surface area contributed by atoms with E-state index in [1.807, 2.05) is 27.7 Å². The number of nitrogens with zero attached hydrogens (tertiary/aromatic N) is 1. The fourth-order valence-corrected chi connectivity index (χ4v) is 3.59. The first-order valence-corrected chi connectivity index (χ1v) is 7.56. The lowest BCUT2D eigenvalue weighted by atomic mass is 9.95. The Kier molecular flexibility index (Phi) is 5.19. The highest BCUT2D eigenvalue weighted by molar-refractivity contribution is 8.01. The molecule has 102 valence electrons. The molecular weight excluding hydrogens is 270 g/mol. The van der Waals surface area contributed by atoms with Crippen LogP contribution in [0.5, 0.6) is 0 Å². The van der Waals surface area contributed by atoms with Gasteiger partial charge in [0.15, 0.2) is 0 Å². The number of aliphatic hydroxyl groups is 1. The minimum Gasteiger partial charge on any atom is -0.481 e. The smallest absolute Gasteiger partial charge is 0.308 e. The first-order chi connectivity index (χ1) is 8.22. The zero-order valence-corrected chi connectivity index (χ0v) is 12.7. The normalized spacial score (nSPS) is 14.8. The van der Waals surface area contributed by atoms with Crippen molar-refractivity contribution in [3.05, 3.63) is 10.6 Å². The van der Waals surface area contributed by atoms with Gasteiger partial charge < -0.3 is 10.2 Å². The van der Waals surface area contributed by atoms with Gasteiger partial charge in [0.05, 0.1) is 17.7 Å². The molecule has 0 spiro atoms. The van der Waals surface area contributed by atoms with Crippen molar-refractivity contribution < 1.29 is 15.0 Å². The summed E-state index contributed by atoms with van der Waals surface area (Å²) in [6.07, 6.45) is 0.0185. The molecule has 0 aromatic carbocycles. The standard InChI is InChI=1S/C12H19NO3S2/c1-7(2)12(4,16)6-17-11-13-8(3)9(18-11)5-10(14)15/h7,16H,5-6H2,1-4H3,(H,14,15). The van der Waals surface area contributed by atoms with Crippen molar-refractivity contribution in [2.45, 2.75) is 44.1 Å². The third kappa shape index (κ3) is 4.26. The summed E-state index contributed by atoms with van der Waals surface area (Å²) in [5, 5.41) is 18.9. The van der Waals surface area contributed by atoms with E-state index in [1.54, 1.807) is 0 Å².